The average molecular weight is 425 g/mol. The molecule has 1 N–H and O–H groups in total. The Bertz CT molecular complexity index is 857. The van der Waals surface area contributed by atoms with Gasteiger partial charge in [0.25, 0.3) is 0 Å². The van der Waals surface area contributed by atoms with Gasteiger partial charge < -0.3 is 14.4 Å². The summed E-state index contributed by atoms with van der Waals surface area (Å²) >= 11 is 0. The van der Waals surface area contributed by atoms with Crippen LogP contribution in [-0.4, -0.2) is 67.0 Å². The van der Waals surface area contributed by atoms with Gasteiger partial charge in [-0.1, -0.05) is 30.3 Å². The van der Waals surface area contributed by atoms with E-state index in [1.807, 2.05) is 75.4 Å². The highest BCUT2D eigenvalue weighted by atomic mass is 16.6. The van der Waals surface area contributed by atoms with Crippen molar-refractivity contribution in [3.63, 3.8) is 0 Å². The Hall–Kier alpha value is -3.06. The van der Waals surface area contributed by atoms with Crippen molar-refractivity contribution >= 4 is 18.0 Å². The topological polar surface area (TPSA) is 66.4 Å². The summed E-state index contributed by atoms with van der Waals surface area (Å²) in [7, 11) is 0. The Morgan fingerprint density at radius 3 is 2.42 bits per heavy atom. The number of piperazine rings is 1. The number of ether oxygens (including phenoxy) is 2. The van der Waals surface area contributed by atoms with Gasteiger partial charge in [0.2, 0.25) is 0 Å². The van der Waals surface area contributed by atoms with E-state index in [1.165, 1.54) is 0 Å². The largest absolute Gasteiger partial charge is 0.492 e. The third-order valence-corrected chi connectivity index (χ3v) is 4.78. The molecule has 31 heavy (non-hydrogen) atoms. The number of hydrazone groups is 1. The molecule has 1 fully saturated rings. The molecule has 7 nitrogen and oxygen atoms in total. The van der Waals surface area contributed by atoms with Gasteiger partial charge in [-0.15, -0.1) is 0 Å². The minimum absolute atomic E-state index is 0.235. The van der Waals surface area contributed by atoms with Gasteiger partial charge in [-0.25, -0.2) is 4.79 Å². The van der Waals surface area contributed by atoms with Crippen LogP contribution in [0.1, 0.15) is 26.3 Å². The third kappa shape index (κ3) is 7.61. The average Bonchev–Trinajstić information content (AvgIpc) is 2.75. The van der Waals surface area contributed by atoms with Gasteiger partial charge >= 0.3 is 6.09 Å². The number of carbonyl (C=O) groups excluding carboxylic acids is 1. The van der Waals surface area contributed by atoms with Gasteiger partial charge in [-0.2, -0.15) is 5.10 Å². The normalized spacial score (nSPS) is 15.1. The summed E-state index contributed by atoms with van der Waals surface area (Å²) in [5.41, 5.74) is 4.41. The highest BCUT2D eigenvalue weighted by Gasteiger charge is 2.25. The maximum Gasteiger partial charge on any atom is 0.410 e. The molecule has 0 spiro atoms. The molecule has 0 aliphatic carbocycles. The Labute approximate surface area is 184 Å². The molecule has 1 aliphatic rings. The number of carbonyl (C=O) groups is 1. The van der Waals surface area contributed by atoms with Crippen molar-refractivity contribution in [3.8, 4) is 5.75 Å². The van der Waals surface area contributed by atoms with E-state index in [9.17, 15) is 4.79 Å². The second kappa shape index (κ2) is 10.8. The fourth-order valence-corrected chi connectivity index (χ4v) is 3.17. The first kappa shape index (κ1) is 22.6. The number of rotatable bonds is 7. The fraction of sp³-hybridized carbons (Fsp3) is 0.417. The van der Waals surface area contributed by atoms with E-state index in [2.05, 4.69) is 15.4 Å². The number of amides is 1. The maximum atomic E-state index is 12.2. The molecule has 0 radical (unpaired) electrons. The zero-order valence-electron chi connectivity index (χ0n) is 18.6. The van der Waals surface area contributed by atoms with E-state index in [0.29, 0.717) is 19.7 Å². The van der Waals surface area contributed by atoms with Crippen molar-refractivity contribution in [1.82, 2.24) is 9.80 Å². The lowest BCUT2D eigenvalue weighted by atomic mass is 10.2. The number of hydrogen-bond acceptors (Lipinski definition) is 6. The smallest absolute Gasteiger partial charge is 0.410 e. The lowest BCUT2D eigenvalue weighted by Crippen LogP contribution is -2.50. The van der Waals surface area contributed by atoms with E-state index < -0.39 is 5.60 Å². The summed E-state index contributed by atoms with van der Waals surface area (Å²) in [5, 5.41) is 4.31. The number of hydrogen-bond donors (Lipinski definition) is 1. The van der Waals surface area contributed by atoms with Crippen LogP contribution in [0.3, 0.4) is 0 Å². The van der Waals surface area contributed by atoms with Crippen molar-refractivity contribution < 1.29 is 14.3 Å². The molecule has 1 aliphatic heterocycles. The molecular formula is C24H32N4O3. The van der Waals surface area contributed by atoms with Crippen molar-refractivity contribution in [3.05, 3.63) is 60.2 Å². The zero-order chi connectivity index (χ0) is 22.1. The lowest BCUT2D eigenvalue weighted by molar-refractivity contribution is 0.0137. The summed E-state index contributed by atoms with van der Waals surface area (Å²) < 4.78 is 11.5. The van der Waals surface area contributed by atoms with Crippen molar-refractivity contribution in [2.24, 2.45) is 5.10 Å². The van der Waals surface area contributed by atoms with Crippen LogP contribution < -0.4 is 10.2 Å². The van der Waals surface area contributed by atoms with E-state index in [1.54, 1.807) is 11.1 Å². The van der Waals surface area contributed by atoms with Crippen LogP contribution in [0.5, 0.6) is 5.75 Å². The number of nitrogens with one attached hydrogen (secondary N) is 1. The Morgan fingerprint density at radius 2 is 1.71 bits per heavy atom. The number of para-hydroxylation sites is 2. The fourth-order valence-electron chi connectivity index (χ4n) is 3.17. The van der Waals surface area contributed by atoms with Crippen LogP contribution in [0.25, 0.3) is 0 Å². The number of benzene rings is 2. The molecule has 1 amide bonds. The Balaban J connectivity index is 1.43. The first-order chi connectivity index (χ1) is 14.9. The van der Waals surface area contributed by atoms with Crippen molar-refractivity contribution in [2.45, 2.75) is 26.4 Å². The van der Waals surface area contributed by atoms with Crippen LogP contribution >= 0.6 is 0 Å². The van der Waals surface area contributed by atoms with Crippen LogP contribution in [0.4, 0.5) is 10.5 Å². The zero-order valence-corrected chi connectivity index (χ0v) is 18.6. The molecule has 2 aromatic carbocycles. The van der Waals surface area contributed by atoms with Gasteiger partial charge in [-0.05, 0) is 45.0 Å². The molecule has 3 rings (SSSR count). The SMILES string of the molecule is CC(C)(C)OC(=O)N1CCN(CCOc2ccccc2C=NNc2ccccc2)CC1. The van der Waals surface area contributed by atoms with Crippen molar-refractivity contribution in [1.29, 1.82) is 0 Å². The van der Waals surface area contributed by atoms with E-state index in [-0.39, 0.29) is 6.09 Å². The summed E-state index contributed by atoms with van der Waals surface area (Å²) in [4.78, 5) is 16.2. The Morgan fingerprint density at radius 1 is 1.03 bits per heavy atom. The highest BCUT2D eigenvalue weighted by Crippen LogP contribution is 2.17. The van der Waals surface area contributed by atoms with E-state index in [4.69, 9.17) is 9.47 Å². The molecule has 166 valence electrons. The molecule has 0 aromatic heterocycles. The summed E-state index contributed by atoms with van der Waals surface area (Å²) in [6.45, 7) is 10.0. The van der Waals surface area contributed by atoms with E-state index in [0.717, 1.165) is 36.6 Å². The van der Waals surface area contributed by atoms with Gasteiger partial charge in [0.05, 0.1) is 11.9 Å². The standard InChI is InChI=1S/C24H32N4O3/c1-24(2,3)31-23(29)28-15-13-27(14-16-28)17-18-30-22-12-8-7-9-20(22)19-25-26-21-10-5-4-6-11-21/h4-12,19,26H,13-18H2,1-3H3. The first-order valence-corrected chi connectivity index (χ1v) is 10.7. The summed E-state index contributed by atoms with van der Waals surface area (Å²) in [5.74, 6) is 0.800. The molecule has 1 saturated heterocycles. The van der Waals surface area contributed by atoms with Crippen LogP contribution in [0.2, 0.25) is 0 Å². The molecule has 0 unspecified atom stereocenters. The number of nitrogens with zero attached hydrogens (tertiary/aromatic N) is 3. The molecule has 0 atom stereocenters. The monoisotopic (exact) mass is 424 g/mol. The quantitative estimate of drug-likeness (QED) is 0.536. The molecule has 0 bridgehead atoms. The van der Waals surface area contributed by atoms with Gasteiger partial charge in [0, 0.05) is 38.3 Å². The molecule has 2 aromatic rings. The first-order valence-electron chi connectivity index (χ1n) is 10.7. The van der Waals surface area contributed by atoms with Gasteiger partial charge in [0.1, 0.15) is 18.0 Å². The van der Waals surface area contributed by atoms with E-state index >= 15 is 0 Å². The summed E-state index contributed by atoms with van der Waals surface area (Å²) in [6.07, 6.45) is 1.53. The number of anilines is 1. The molecule has 7 heteroatoms. The predicted molar refractivity (Wildman–Crippen MR) is 124 cm³/mol. The predicted octanol–water partition coefficient (Wildman–Crippen LogP) is 4.06. The van der Waals surface area contributed by atoms with Crippen molar-refractivity contribution in [2.75, 3.05) is 44.8 Å². The minimum Gasteiger partial charge on any atom is -0.492 e. The molecule has 1 heterocycles. The minimum atomic E-state index is -0.463. The van der Waals surface area contributed by atoms with Gasteiger partial charge in [-0.3, -0.25) is 10.3 Å². The second-order valence-corrected chi connectivity index (χ2v) is 8.43. The molecule has 0 saturated carbocycles. The highest BCUT2D eigenvalue weighted by molar-refractivity contribution is 5.84. The Kier molecular flexibility index (Phi) is 7.89. The molecular weight excluding hydrogens is 392 g/mol. The van der Waals surface area contributed by atoms with Crippen LogP contribution in [0, 0.1) is 0 Å². The van der Waals surface area contributed by atoms with Gasteiger partial charge in [0.15, 0.2) is 0 Å². The lowest BCUT2D eigenvalue weighted by Gasteiger charge is -2.35. The third-order valence-electron chi connectivity index (χ3n) is 4.78. The summed E-state index contributed by atoms with van der Waals surface area (Å²) in [6, 6.07) is 17.7. The second-order valence-electron chi connectivity index (χ2n) is 8.43. The van der Waals surface area contributed by atoms with Crippen LogP contribution in [0.15, 0.2) is 59.7 Å². The maximum absolute atomic E-state index is 12.2. The van der Waals surface area contributed by atoms with Crippen LogP contribution in [-0.2, 0) is 4.74 Å².